The maximum atomic E-state index is 12.5. The number of methoxy groups -OCH3 is 1. The van der Waals surface area contributed by atoms with Crippen LogP contribution >= 0.6 is 0 Å². The van der Waals surface area contributed by atoms with Gasteiger partial charge in [0.15, 0.2) is 0 Å². The van der Waals surface area contributed by atoms with Gasteiger partial charge >= 0.3 is 6.09 Å². The first-order chi connectivity index (χ1) is 10.8. The minimum Gasteiger partial charge on any atom is -0.497 e. The molecule has 0 saturated carbocycles. The van der Waals surface area contributed by atoms with Gasteiger partial charge in [-0.3, -0.25) is 9.69 Å². The monoisotopic (exact) mass is 320 g/mol. The molecule has 0 bridgehead atoms. The van der Waals surface area contributed by atoms with Crippen molar-refractivity contribution in [3.8, 4) is 5.75 Å². The summed E-state index contributed by atoms with van der Waals surface area (Å²) < 4.78 is 10.5. The van der Waals surface area contributed by atoms with E-state index < -0.39 is 17.7 Å². The van der Waals surface area contributed by atoms with Crippen LogP contribution in [0.15, 0.2) is 24.3 Å². The molecule has 0 spiro atoms. The van der Waals surface area contributed by atoms with Crippen molar-refractivity contribution >= 4 is 17.7 Å². The van der Waals surface area contributed by atoms with Gasteiger partial charge in [0, 0.05) is 18.3 Å². The molecule has 1 aromatic carbocycles. The molecule has 126 valence electrons. The number of carbonyl (C=O) groups excluding carboxylic acids is 2. The first kappa shape index (κ1) is 17.1. The Labute approximate surface area is 136 Å². The van der Waals surface area contributed by atoms with Crippen molar-refractivity contribution in [1.29, 1.82) is 0 Å². The highest BCUT2D eigenvalue weighted by atomic mass is 16.6. The third-order valence-electron chi connectivity index (χ3n) is 3.52. The average molecular weight is 320 g/mol. The lowest BCUT2D eigenvalue weighted by molar-refractivity contribution is -0.120. The SMILES string of the molecule is COc1cccc(NC(=O)[C@H]2CCCN2C(=O)OC(C)(C)C)c1. The number of nitrogens with zero attached hydrogens (tertiary/aromatic N) is 1. The summed E-state index contributed by atoms with van der Waals surface area (Å²) in [5.74, 6) is 0.458. The highest BCUT2D eigenvalue weighted by molar-refractivity contribution is 5.97. The smallest absolute Gasteiger partial charge is 0.410 e. The molecule has 1 aliphatic heterocycles. The van der Waals surface area contributed by atoms with Crippen molar-refractivity contribution in [2.45, 2.75) is 45.3 Å². The zero-order valence-electron chi connectivity index (χ0n) is 14.1. The molecule has 0 unspecified atom stereocenters. The number of hydrogen-bond acceptors (Lipinski definition) is 4. The summed E-state index contributed by atoms with van der Waals surface area (Å²) in [4.78, 5) is 26.2. The summed E-state index contributed by atoms with van der Waals surface area (Å²) in [5.41, 5.74) is 0.0680. The average Bonchev–Trinajstić information content (AvgIpc) is 2.95. The second-order valence-corrected chi connectivity index (χ2v) is 6.55. The molecule has 1 fully saturated rings. The number of benzene rings is 1. The minimum atomic E-state index is -0.576. The Morgan fingerprint density at radius 1 is 1.30 bits per heavy atom. The molecule has 6 nitrogen and oxygen atoms in total. The van der Waals surface area contributed by atoms with Crippen molar-refractivity contribution in [1.82, 2.24) is 4.90 Å². The Morgan fingerprint density at radius 2 is 2.04 bits per heavy atom. The van der Waals surface area contributed by atoms with Crippen molar-refractivity contribution in [2.24, 2.45) is 0 Å². The summed E-state index contributed by atoms with van der Waals surface area (Å²) in [6, 6.07) is 6.63. The molecule has 1 aliphatic rings. The van der Waals surface area contributed by atoms with Crippen LogP contribution in [0, 0.1) is 0 Å². The Morgan fingerprint density at radius 3 is 2.70 bits per heavy atom. The fourth-order valence-corrected chi connectivity index (χ4v) is 2.50. The van der Waals surface area contributed by atoms with E-state index in [2.05, 4.69) is 5.32 Å². The predicted octanol–water partition coefficient (Wildman–Crippen LogP) is 3.03. The van der Waals surface area contributed by atoms with Crippen LogP contribution in [-0.4, -0.2) is 42.2 Å². The molecule has 1 saturated heterocycles. The maximum absolute atomic E-state index is 12.5. The number of anilines is 1. The van der Waals surface area contributed by atoms with Gasteiger partial charge in [-0.1, -0.05) is 6.07 Å². The van der Waals surface area contributed by atoms with Gasteiger partial charge in [0.2, 0.25) is 5.91 Å². The molecular weight excluding hydrogens is 296 g/mol. The van der Waals surface area contributed by atoms with E-state index in [1.165, 1.54) is 4.90 Å². The van der Waals surface area contributed by atoms with E-state index in [1.807, 2.05) is 20.8 Å². The molecule has 0 aromatic heterocycles. The number of ether oxygens (including phenoxy) is 2. The van der Waals surface area contributed by atoms with E-state index in [-0.39, 0.29) is 5.91 Å². The lowest BCUT2D eigenvalue weighted by Crippen LogP contribution is -2.45. The van der Waals surface area contributed by atoms with Gasteiger partial charge in [-0.15, -0.1) is 0 Å². The van der Waals surface area contributed by atoms with Crippen LogP contribution in [-0.2, 0) is 9.53 Å². The summed E-state index contributed by atoms with van der Waals surface area (Å²) in [6.45, 7) is 5.97. The second kappa shape index (κ2) is 6.89. The van der Waals surface area contributed by atoms with E-state index in [4.69, 9.17) is 9.47 Å². The van der Waals surface area contributed by atoms with Crippen molar-refractivity contribution < 1.29 is 19.1 Å². The van der Waals surface area contributed by atoms with E-state index in [0.29, 0.717) is 24.4 Å². The number of nitrogens with one attached hydrogen (secondary N) is 1. The zero-order valence-corrected chi connectivity index (χ0v) is 14.1. The number of amides is 2. The molecule has 2 amide bonds. The summed E-state index contributed by atoms with van der Waals surface area (Å²) in [7, 11) is 1.57. The highest BCUT2D eigenvalue weighted by Crippen LogP contribution is 2.23. The van der Waals surface area contributed by atoms with Crippen LogP contribution in [0.5, 0.6) is 5.75 Å². The molecule has 23 heavy (non-hydrogen) atoms. The quantitative estimate of drug-likeness (QED) is 0.929. The first-order valence-corrected chi connectivity index (χ1v) is 7.75. The minimum absolute atomic E-state index is 0.207. The van der Waals surface area contributed by atoms with E-state index in [0.717, 1.165) is 6.42 Å². The summed E-state index contributed by atoms with van der Waals surface area (Å²) in [5, 5.41) is 2.84. The van der Waals surface area contributed by atoms with Crippen molar-refractivity contribution in [3.63, 3.8) is 0 Å². The van der Waals surface area contributed by atoms with Crippen LogP contribution < -0.4 is 10.1 Å². The molecule has 1 heterocycles. The lowest BCUT2D eigenvalue weighted by atomic mass is 10.2. The molecular formula is C17H24N2O4. The van der Waals surface area contributed by atoms with Gasteiger partial charge in [-0.25, -0.2) is 4.79 Å². The second-order valence-electron chi connectivity index (χ2n) is 6.55. The Kier molecular flexibility index (Phi) is 5.13. The predicted molar refractivity (Wildman–Crippen MR) is 87.6 cm³/mol. The van der Waals surface area contributed by atoms with E-state index >= 15 is 0 Å². The van der Waals surface area contributed by atoms with Gasteiger partial charge in [-0.05, 0) is 45.7 Å². The van der Waals surface area contributed by atoms with Gasteiger partial charge in [0.1, 0.15) is 17.4 Å². The van der Waals surface area contributed by atoms with Crippen LogP contribution in [0.25, 0.3) is 0 Å². The third-order valence-corrected chi connectivity index (χ3v) is 3.52. The lowest BCUT2D eigenvalue weighted by Gasteiger charge is -2.28. The molecule has 1 N–H and O–H groups in total. The van der Waals surface area contributed by atoms with E-state index in [9.17, 15) is 9.59 Å². The first-order valence-electron chi connectivity index (χ1n) is 7.75. The van der Waals surface area contributed by atoms with Gasteiger partial charge < -0.3 is 14.8 Å². The van der Waals surface area contributed by atoms with Crippen LogP contribution in [0.2, 0.25) is 0 Å². The van der Waals surface area contributed by atoms with Gasteiger partial charge in [0.25, 0.3) is 0 Å². The standard InChI is InChI=1S/C17H24N2O4/c1-17(2,3)23-16(21)19-10-6-9-14(19)15(20)18-12-7-5-8-13(11-12)22-4/h5,7-8,11,14H,6,9-10H2,1-4H3,(H,18,20)/t14-/m1/s1. The van der Waals surface area contributed by atoms with Gasteiger partial charge in [0.05, 0.1) is 7.11 Å². The Hall–Kier alpha value is -2.24. The Balaban J connectivity index is 2.04. The number of hydrogen-bond donors (Lipinski definition) is 1. The highest BCUT2D eigenvalue weighted by Gasteiger charge is 2.36. The third kappa shape index (κ3) is 4.61. The fourth-order valence-electron chi connectivity index (χ4n) is 2.50. The van der Waals surface area contributed by atoms with Crippen LogP contribution in [0.3, 0.4) is 0 Å². The summed E-state index contributed by atoms with van der Waals surface area (Å²) >= 11 is 0. The molecule has 6 heteroatoms. The van der Waals surface area contributed by atoms with Crippen molar-refractivity contribution in [3.05, 3.63) is 24.3 Å². The van der Waals surface area contributed by atoms with E-state index in [1.54, 1.807) is 31.4 Å². The van der Waals surface area contributed by atoms with Crippen molar-refractivity contribution in [2.75, 3.05) is 19.0 Å². The number of rotatable bonds is 3. The molecule has 1 atom stereocenters. The summed E-state index contributed by atoms with van der Waals surface area (Å²) in [6.07, 6.45) is 0.977. The topological polar surface area (TPSA) is 67.9 Å². The fraction of sp³-hybridized carbons (Fsp3) is 0.529. The van der Waals surface area contributed by atoms with Crippen LogP contribution in [0.4, 0.5) is 10.5 Å². The number of carbonyl (C=O) groups is 2. The normalized spacial score (nSPS) is 17.7. The number of likely N-dealkylation sites (tertiary alicyclic amines) is 1. The molecule has 2 rings (SSSR count). The molecule has 1 aromatic rings. The molecule has 0 radical (unpaired) electrons. The zero-order chi connectivity index (χ0) is 17.0. The van der Waals surface area contributed by atoms with Crippen LogP contribution in [0.1, 0.15) is 33.6 Å². The maximum Gasteiger partial charge on any atom is 0.410 e. The van der Waals surface area contributed by atoms with Gasteiger partial charge in [-0.2, -0.15) is 0 Å². The Bertz CT molecular complexity index is 580. The molecule has 0 aliphatic carbocycles. The largest absolute Gasteiger partial charge is 0.497 e.